The van der Waals surface area contributed by atoms with E-state index in [4.69, 9.17) is 6.52 Å². The van der Waals surface area contributed by atoms with Crippen molar-refractivity contribution >= 4 is 25.3 Å². The Morgan fingerprint density at radius 1 is 1.37 bits per heavy atom. The summed E-state index contributed by atoms with van der Waals surface area (Å²) < 4.78 is 6.67. The number of carboxylic acid groups (broad SMARTS) is 1. The number of nitrogens with two attached hydrogens (primary N) is 1. The Balaban J connectivity index is 2.79. The summed E-state index contributed by atoms with van der Waals surface area (Å²) in [5.41, 5.74) is 2.44. The highest BCUT2D eigenvalue weighted by Crippen LogP contribution is 2.07. The van der Waals surface area contributed by atoms with Crippen LogP contribution in [-0.2, 0) is 11.2 Å². The van der Waals surface area contributed by atoms with Crippen LogP contribution in [0.5, 0.6) is 0 Å². The molecule has 0 radical (unpaired) electrons. The molecular weight excluding hydrogens is 260 g/mol. The van der Waals surface area contributed by atoms with Crippen LogP contribution in [0.3, 0.4) is 0 Å². The van der Waals surface area contributed by atoms with Crippen LogP contribution in [-0.4, -0.2) is 31.2 Å². The van der Waals surface area contributed by atoms with E-state index < -0.39 is 26.1 Å². The molecule has 1 aromatic rings. The lowest BCUT2D eigenvalue weighted by Crippen LogP contribution is -2.45. The molecule has 4 N–H and O–H groups in total. The van der Waals surface area contributed by atoms with Crippen LogP contribution < -0.4 is 16.2 Å². The van der Waals surface area contributed by atoms with E-state index >= 15 is 0 Å². The standard InChI is InChI=1S/C13H20N2O3Si/c1-19(2,3)10-6-4-9(5-7-10)8-11(12(16)17)15-13(14)18/h4-7,11H,8H2,1-3H3,(H,16,17)(H3,14,15,18)/t11-/m0/s1/i/hD. The lowest BCUT2D eigenvalue weighted by molar-refractivity contribution is -0.139. The molecular formula is C13H20N2O3Si. The molecule has 6 heteroatoms. The van der Waals surface area contributed by atoms with Crippen molar-refractivity contribution in [2.45, 2.75) is 32.1 Å². The Labute approximate surface area is 115 Å². The molecule has 1 rings (SSSR count). The predicted octanol–water partition coefficient (Wildman–Crippen LogP) is 0.896. The summed E-state index contributed by atoms with van der Waals surface area (Å²) in [4.78, 5) is 22.1. The van der Waals surface area contributed by atoms with Gasteiger partial charge in [-0.05, 0) is 5.56 Å². The van der Waals surface area contributed by atoms with Crippen LogP contribution in [0.1, 0.15) is 5.56 Å². The fourth-order valence-electron chi connectivity index (χ4n) is 1.73. The molecule has 2 amide bonds. The topological polar surface area (TPSA) is 92.4 Å². The number of urea groups is 1. The minimum Gasteiger partial charge on any atom is -0.480 e. The number of primary amides is 1. The third-order valence-corrected chi connectivity index (χ3v) is 4.93. The summed E-state index contributed by atoms with van der Waals surface area (Å²) in [6, 6.07) is 5.96. The van der Waals surface area contributed by atoms with E-state index in [0.29, 0.717) is 0 Å². The van der Waals surface area contributed by atoms with Gasteiger partial charge in [0.2, 0.25) is 0 Å². The van der Waals surface area contributed by atoms with Gasteiger partial charge >= 0.3 is 12.0 Å². The summed E-state index contributed by atoms with van der Waals surface area (Å²) in [6.07, 6.45) is 0.189. The van der Waals surface area contributed by atoms with Crippen molar-refractivity contribution in [1.82, 2.24) is 5.32 Å². The lowest BCUT2D eigenvalue weighted by Gasteiger charge is -2.18. The van der Waals surface area contributed by atoms with Gasteiger partial charge in [0, 0.05) is 6.42 Å². The number of hydrogen-bond acceptors (Lipinski definition) is 2. The molecule has 0 aliphatic heterocycles. The maximum atomic E-state index is 11.1. The second-order valence-electron chi connectivity index (χ2n) is 5.52. The number of carbonyl (C=O) groups is 2. The first kappa shape index (κ1) is 13.6. The van der Waals surface area contributed by atoms with Crippen molar-refractivity contribution in [3.63, 3.8) is 0 Å². The second kappa shape index (κ2) is 5.88. The van der Waals surface area contributed by atoms with Gasteiger partial charge in [0.15, 0.2) is 1.41 Å². The fraction of sp³-hybridized carbons (Fsp3) is 0.385. The Bertz CT molecular complexity index is 485. The molecule has 1 aromatic carbocycles. The zero-order chi connectivity index (χ0) is 15.3. The number of carboxylic acids is 1. The molecule has 104 valence electrons. The summed E-state index contributed by atoms with van der Waals surface area (Å²) in [5, 5.41) is 12.6. The van der Waals surface area contributed by atoms with Crippen LogP contribution in [0.4, 0.5) is 4.79 Å². The van der Waals surface area contributed by atoms with E-state index in [1.54, 1.807) is 5.73 Å². The number of amides is 2. The van der Waals surface area contributed by atoms with Crippen molar-refractivity contribution in [3.05, 3.63) is 29.8 Å². The Morgan fingerprint density at radius 3 is 2.37 bits per heavy atom. The van der Waals surface area contributed by atoms with Crippen LogP contribution >= 0.6 is 0 Å². The van der Waals surface area contributed by atoms with Crippen LogP contribution in [0.15, 0.2) is 24.3 Å². The molecule has 0 aliphatic carbocycles. The largest absolute Gasteiger partial charge is 0.480 e. The summed E-state index contributed by atoms with van der Waals surface area (Å²) in [6.45, 7) is 6.71. The Kier molecular flexibility index (Phi) is 4.21. The molecule has 1 atom stereocenters. The summed E-state index contributed by atoms with van der Waals surface area (Å²) in [5.74, 6) is -1.12. The molecule has 0 spiro atoms. The fourth-order valence-corrected chi connectivity index (χ4v) is 2.90. The first-order valence-electron chi connectivity index (χ1n) is 6.54. The highest BCUT2D eigenvalue weighted by Gasteiger charge is 2.20. The van der Waals surface area contributed by atoms with Crippen molar-refractivity contribution in [1.29, 1.82) is 0 Å². The number of hydrogen-bond donors (Lipinski definition) is 3. The van der Waals surface area contributed by atoms with Gasteiger partial charge in [-0.15, -0.1) is 0 Å². The molecule has 0 fully saturated rings. The molecule has 19 heavy (non-hydrogen) atoms. The second-order valence-corrected chi connectivity index (χ2v) is 10.6. The van der Waals surface area contributed by atoms with Crippen molar-refractivity contribution in [2.75, 3.05) is 0 Å². The highest BCUT2D eigenvalue weighted by molar-refractivity contribution is 6.88. The monoisotopic (exact) mass is 281 g/mol. The SMILES string of the molecule is [2H]NC(=O)N[C@@H](Cc1ccc([Si](C)(C)C)cc1)C(=O)O. The normalized spacial score (nSPS) is 13.3. The average Bonchev–Trinajstić information content (AvgIpc) is 2.37. The zero-order valence-corrected chi connectivity index (χ0v) is 12.4. The van der Waals surface area contributed by atoms with Gasteiger partial charge in [0.25, 0.3) is 0 Å². The smallest absolute Gasteiger partial charge is 0.326 e. The van der Waals surface area contributed by atoms with Gasteiger partial charge in [0.1, 0.15) is 6.04 Å². The average molecular weight is 281 g/mol. The number of rotatable bonds is 5. The summed E-state index contributed by atoms with van der Waals surface area (Å²) in [7, 11) is -1.37. The van der Waals surface area contributed by atoms with Crippen LogP contribution in [0.2, 0.25) is 21.1 Å². The first-order chi connectivity index (χ1) is 9.24. The lowest BCUT2D eigenvalue weighted by atomic mass is 10.1. The third kappa shape index (κ3) is 4.74. The minimum absolute atomic E-state index is 0.189. The van der Waals surface area contributed by atoms with Gasteiger partial charge in [-0.25, -0.2) is 9.59 Å². The van der Waals surface area contributed by atoms with E-state index in [-0.39, 0.29) is 6.42 Å². The third-order valence-electron chi connectivity index (χ3n) is 2.86. The Morgan fingerprint density at radius 2 is 1.95 bits per heavy atom. The Hall–Kier alpha value is -1.82. The number of benzene rings is 1. The number of aliphatic carboxylic acids is 1. The molecule has 0 aromatic heterocycles. The van der Waals surface area contributed by atoms with Crippen LogP contribution in [0.25, 0.3) is 0 Å². The van der Waals surface area contributed by atoms with Gasteiger partial charge in [-0.2, -0.15) is 0 Å². The molecule has 0 bridgehead atoms. The number of nitrogens with one attached hydrogen (secondary N) is 1. The molecule has 0 unspecified atom stereocenters. The van der Waals surface area contributed by atoms with Gasteiger partial charge in [-0.1, -0.05) is 49.1 Å². The summed E-state index contributed by atoms with van der Waals surface area (Å²) >= 11 is 0. The predicted molar refractivity (Wildman–Crippen MR) is 77.3 cm³/mol. The molecule has 5 nitrogen and oxygen atoms in total. The van der Waals surface area contributed by atoms with E-state index in [1.165, 1.54) is 5.19 Å². The zero-order valence-electron chi connectivity index (χ0n) is 12.4. The van der Waals surface area contributed by atoms with E-state index in [9.17, 15) is 9.59 Å². The van der Waals surface area contributed by atoms with E-state index in [0.717, 1.165) is 5.56 Å². The highest BCUT2D eigenvalue weighted by atomic mass is 28.3. The van der Waals surface area contributed by atoms with Crippen LogP contribution in [0, 0.1) is 0 Å². The first-order valence-corrected chi connectivity index (χ1v) is 9.54. The van der Waals surface area contributed by atoms with E-state index in [2.05, 4.69) is 25.0 Å². The van der Waals surface area contributed by atoms with Gasteiger partial charge < -0.3 is 16.2 Å². The molecule has 0 aliphatic rings. The minimum atomic E-state index is -1.37. The maximum Gasteiger partial charge on any atom is 0.326 e. The van der Waals surface area contributed by atoms with Gasteiger partial charge in [-0.3, -0.25) is 0 Å². The molecule has 0 saturated carbocycles. The molecule has 0 heterocycles. The molecule has 0 saturated heterocycles. The van der Waals surface area contributed by atoms with Crippen molar-refractivity contribution in [2.24, 2.45) is 5.73 Å². The maximum absolute atomic E-state index is 11.1. The number of carbonyl (C=O) groups excluding carboxylic acids is 1. The van der Waals surface area contributed by atoms with E-state index in [1.807, 2.05) is 24.3 Å². The quantitative estimate of drug-likeness (QED) is 0.700. The van der Waals surface area contributed by atoms with Gasteiger partial charge in [0.05, 0.1) is 8.07 Å². The van der Waals surface area contributed by atoms with Crippen molar-refractivity contribution in [3.8, 4) is 0 Å². The van der Waals surface area contributed by atoms with Crippen molar-refractivity contribution < 1.29 is 16.1 Å².